The Balaban J connectivity index is 1.48. The highest BCUT2D eigenvalue weighted by Gasteiger charge is 2.52. The van der Waals surface area contributed by atoms with Crippen molar-refractivity contribution in [3.8, 4) is 0 Å². The number of β-lactam (4-membered cyclic amide) rings is 1. The average Bonchev–Trinajstić information content (AvgIpc) is 2.73. The smallest absolute Gasteiger partial charge is 0.255 e. The molecule has 0 saturated carbocycles. The van der Waals surface area contributed by atoms with E-state index in [1.54, 1.807) is 17.3 Å². The fourth-order valence-corrected chi connectivity index (χ4v) is 5.65. The zero-order valence-electron chi connectivity index (χ0n) is 15.9. The van der Waals surface area contributed by atoms with Crippen LogP contribution in [0.15, 0.2) is 53.7 Å². The van der Waals surface area contributed by atoms with Gasteiger partial charge in [-0.3, -0.25) is 9.78 Å². The van der Waals surface area contributed by atoms with E-state index in [4.69, 9.17) is 4.74 Å². The molecule has 1 aromatic carbocycles. The van der Waals surface area contributed by atoms with Crippen LogP contribution in [0.3, 0.4) is 0 Å². The number of benzene rings is 1. The number of pyridine rings is 1. The van der Waals surface area contributed by atoms with Crippen molar-refractivity contribution in [1.29, 1.82) is 0 Å². The van der Waals surface area contributed by atoms with Gasteiger partial charge in [-0.05, 0) is 48.7 Å². The Morgan fingerprint density at radius 3 is 2.45 bits per heavy atom. The zero-order valence-corrected chi connectivity index (χ0v) is 16.8. The molecular weight excluding hydrogens is 397 g/mol. The highest BCUT2D eigenvalue weighted by Crippen LogP contribution is 2.40. The van der Waals surface area contributed by atoms with Gasteiger partial charge in [0.2, 0.25) is 10.0 Å². The molecule has 0 spiro atoms. The molecular formula is C20H22FN3O4S. The Kier molecular flexibility index (Phi) is 5.37. The monoisotopic (exact) mass is 419 g/mol. The second-order valence-corrected chi connectivity index (χ2v) is 9.16. The maximum absolute atomic E-state index is 13.5. The summed E-state index contributed by atoms with van der Waals surface area (Å²) in [6, 6.07) is 8.47. The molecule has 0 bridgehead atoms. The number of nitrogens with zero attached hydrogens (tertiary/aromatic N) is 3. The second-order valence-electron chi connectivity index (χ2n) is 7.22. The summed E-state index contributed by atoms with van der Waals surface area (Å²) in [5.74, 6) is -0.668. The van der Waals surface area contributed by atoms with Gasteiger partial charge in [-0.25, -0.2) is 12.8 Å². The fourth-order valence-electron chi connectivity index (χ4n) is 4.15. The molecule has 154 valence electrons. The van der Waals surface area contributed by atoms with E-state index in [-0.39, 0.29) is 36.0 Å². The summed E-state index contributed by atoms with van der Waals surface area (Å²) in [6.07, 6.45) is 3.84. The van der Waals surface area contributed by atoms with Crippen LogP contribution in [-0.4, -0.2) is 60.9 Å². The van der Waals surface area contributed by atoms with Crippen LogP contribution in [0.5, 0.6) is 0 Å². The van der Waals surface area contributed by atoms with Gasteiger partial charge in [0.1, 0.15) is 5.82 Å². The molecule has 2 unspecified atom stereocenters. The Morgan fingerprint density at radius 2 is 1.83 bits per heavy atom. The van der Waals surface area contributed by atoms with Crippen LogP contribution in [0.1, 0.15) is 24.4 Å². The topological polar surface area (TPSA) is 79.8 Å². The fraction of sp³-hybridized carbons (Fsp3) is 0.400. The first-order valence-electron chi connectivity index (χ1n) is 9.44. The van der Waals surface area contributed by atoms with E-state index in [0.717, 1.165) is 11.6 Å². The molecule has 2 aliphatic heterocycles. The lowest BCUT2D eigenvalue weighted by atomic mass is 9.87. The number of rotatable bonds is 5. The van der Waals surface area contributed by atoms with Crippen LogP contribution in [-0.2, 0) is 19.6 Å². The van der Waals surface area contributed by atoms with Crippen LogP contribution in [0, 0.1) is 5.82 Å². The lowest BCUT2D eigenvalue weighted by Gasteiger charge is -2.52. The van der Waals surface area contributed by atoms with Gasteiger partial charge in [0.05, 0.1) is 10.9 Å². The molecule has 0 N–H and O–H groups in total. The standard InChI is InChI=1S/C20H22FN3O4S/c1-28-19-18(14-5-9-22-10-6-14)24(20(19)25)16-7-11-23(12-8-16)29(26,27)17-4-2-3-15(21)13-17/h2-6,9-10,13,16,18-19H,7-8,11-12H2,1H3. The van der Waals surface area contributed by atoms with Crippen LogP contribution in [0.4, 0.5) is 4.39 Å². The lowest BCUT2D eigenvalue weighted by molar-refractivity contribution is -0.178. The molecule has 3 heterocycles. The van der Waals surface area contributed by atoms with Crippen molar-refractivity contribution in [1.82, 2.24) is 14.2 Å². The van der Waals surface area contributed by atoms with E-state index in [0.29, 0.717) is 12.8 Å². The molecule has 1 aromatic heterocycles. The number of piperidine rings is 1. The summed E-state index contributed by atoms with van der Waals surface area (Å²) in [5, 5.41) is 0. The van der Waals surface area contributed by atoms with Crippen LogP contribution < -0.4 is 0 Å². The van der Waals surface area contributed by atoms with Crippen LogP contribution in [0.2, 0.25) is 0 Å². The Morgan fingerprint density at radius 1 is 1.14 bits per heavy atom. The van der Waals surface area contributed by atoms with Crippen LogP contribution in [0.25, 0.3) is 0 Å². The van der Waals surface area contributed by atoms with E-state index >= 15 is 0 Å². The maximum atomic E-state index is 13.5. The van der Waals surface area contributed by atoms with E-state index in [1.807, 2.05) is 12.1 Å². The van der Waals surface area contributed by atoms with Gasteiger partial charge >= 0.3 is 0 Å². The molecule has 0 aliphatic carbocycles. The predicted molar refractivity (Wildman–Crippen MR) is 103 cm³/mol. The van der Waals surface area contributed by atoms with Gasteiger partial charge in [-0.15, -0.1) is 0 Å². The van der Waals surface area contributed by atoms with Crippen LogP contribution >= 0.6 is 0 Å². The molecule has 9 heteroatoms. The number of hydrogen-bond donors (Lipinski definition) is 0. The molecule has 2 aliphatic rings. The SMILES string of the molecule is COC1C(=O)N(C2CCN(S(=O)(=O)c3cccc(F)c3)CC2)C1c1ccncc1. The molecule has 2 fully saturated rings. The third kappa shape index (κ3) is 3.54. The quantitative estimate of drug-likeness (QED) is 0.693. The minimum Gasteiger partial charge on any atom is -0.369 e. The highest BCUT2D eigenvalue weighted by molar-refractivity contribution is 7.89. The number of halogens is 1. The Labute approximate surface area is 169 Å². The molecule has 29 heavy (non-hydrogen) atoms. The van der Waals surface area contributed by atoms with Crippen molar-refractivity contribution in [2.24, 2.45) is 0 Å². The summed E-state index contributed by atoms with van der Waals surface area (Å²) < 4.78 is 45.8. The van der Waals surface area contributed by atoms with E-state index in [2.05, 4.69) is 4.98 Å². The maximum Gasteiger partial charge on any atom is 0.255 e. The summed E-state index contributed by atoms with van der Waals surface area (Å²) in [7, 11) is -2.24. The van der Waals surface area contributed by atoms with Crippen molar-refractivity contribution in [2.45, 2.75) is 35.9 Å². The number of amides is 1. The van der Waals surface area contributed by atoms with Crippen molar-refractivity contribution in [2.75, 3.05) is 20.2 Å². The van der Waals surface area contributed by atoms with Gasteiger partial charge in [-0.2, -0.15) is 4.31 Å². The Bertz CT molecular complexity index is 994. The van der Waals surface area contributed by atoms with E-state index < -0.39 is 21.9 Å². The summed E-state index contributed by atoms with van der Waals surface area (Å²) >= 11 is 0. The first-order chi connectivity index (χ1) is 13.9. The van der Waals surface area contributed by atoms with Gasteiger partial charge in [-0.1, -0.05) is 6.07 Å². The predicted octanol–water partition coefficient (Wildman–Crippen LogP) is 1.97. The number of methoxy groups -OCH3 is 1. The number of hydrogen-bond acceptors (Lipinski definition) is 5. The number of ether oxygens (including phenoxy) is 1. The number of aromatic nitrogens is 1. The van der Waals surface area contributed by atoms with E-state index in [9.17, 15) is 17.6 Å². The number of carbonyl (C=O) groups is 1. The molecule has 7 nitrogen and oxygen atoms in total. The van der Waals surface area contributed by atoms with Crippen molar-refractivity contribution >= 4 is 15.9 Å². The molecule has 2 saturated heterocycles. The molecule has 0 radical (unpaired) electrons. The molecule has 1 amide bonds. The number of sulfonamides is 1. The number of likely N-dealkylation sites (tertiary alicyclic amines) is 1. The van der Waals surface area contributed by atoms with Crippen molar-refractivity contribution in [3.63, 3.8) is 0 Å². The second kappa shape index (κ2) is 7.81. The molecule has 2 aromatic rings. The molecule has 4 rings (SSSR count). The van der Waals surface area contributed by atoms with Gasteiger partial charge in [0.25, 0.3) is 5.91 Å². The highest BCUT2D eigenvalue weighted by atomic mass is 32.2. The Hall–Kier alpha value is -2.36. The number of carbonyl (C=O) groups excluding carboxylic acids is 1. The summed E-state index contributed by atoms with van der Waals surface area (Å²) in [4.78, 5) is 18.4. The van der Waals surface area contributed by atoms with Gasteiger partial charge in [0, 0.05) is 38.6 Å². The van der Waals surface area contributed by atoms with Gasteiger partial charge in [0.15, 0.2) is 6.10 Å². The molecule has 2 atom stereocenters. The largest absolute Gasteiger partial charge is 0.369 e. The van der Waals surface area contributed by atoms with E-state index in [1.165, 1.54) is 29.6 Å². The van der Waals surface area contributed by atoms with Crippen molar-refractivity contribution < 1.29 is 22.3 Å². The summed E-state index contributed by atoms with van der Waals surface area (Å²) in [6.45, 7) is 0.544. The minimum atomic E-state index is -3.76. The average molecular weight is 419 g/mol. The third-order valence-electron chi connectivity index (χ3n) is 5.64. The van der Waals surface area contributed by atoms with Crippen molar-refractivity contribution in [3.05, 3.63) is 60.2 Å². The first kappa shape index (κ1) is 19.9. The minimum absolute atomic E-state index is 0.0508. The summed E-state index contributed by atoms with van der Waals surface area (Å²) in [5.41, 5.74) is 0.946. The lowest BCUT2D eigenvalue weighted by Crippen LogP contribution is -2.64. The first-order valence-corrected chi connectivity index (χ1v) is 10.9. The normalized spacial score (nSPS) is 23.8. The van der Waals surface area contributed by atoms with Gasteiger partial charge < -0.3 is 9.64 Å². The third-order valence-corrected chi connectivity index (χ3v) is 7.53. The zero-order chi connectivity index (χ0) is 20.6.